The van der Waals surface area contributed by atoms with Crippen LogP contribution in [0.2, 0.25) is 0 Å². The fourth-order valence-corrected chi connectivity index (χ4v) is 2.68. The van der Waals surface area contributed by atoms with Crippen LogP contribution in [-0.4, -0.2) is 32.3 Å². The van der Waals surface area contributed by atoms with Gasteiger partial charge in [-0.25, -0.2) is 0 Å². The van der Waals surface area contributed by atoms with Crippen molar-refractivity contribution in [2.24, 2.45) is 7.05 Å². The second-order valence-corrected chi connectivity index (χ2v) is 5.00. The Morgan fingerprint density at radius 1 is 1.58 bits per heavy atom. The Morgan fingerprint density at radius 3 is 2.84 bits per heavy atom. The molecule has 7 heteroatoms. The molecule has 0 aliphatic heterocycles. The number of aromatic amines is 1. The van der Waals surface area contributed by atoms with Crippen molar-refractivity contribution in [3.8, 4) is 0 Å². The van der Waals surface area contributed by atoms with Crippen LogP contribution in [0, 0.1) is 4.77 Å². The molecular weight excluding hydrogens is 262 g/mol. The molecule has 1 atom stereocenters. The van der Waals surface area contributed by atoms with Crippen LogP contribution in [0.1, 0.15) is 32.0 Å². The van der Waals surface area contributed by atoms with E-state index in [2.05, 4.69) is 22.3 Å². The van der Waals surface area contributed by atoms with Crippen LogP contribution in [0.4, 0.5) is 0 Å². The van der Waals surface area contributed by atoms with Gasteiger partial charge in [-0.05, 0) is 25.6 Å². The first-order valence-corrected chi connectivity index (χ1v) is 6.79. The summed E-state index contributed by atoms with van der Waals surface area (Å²) < 4.78 is 4.15. The maximum atomic E-state index is 11.8. The molecule has 0 fully saturated rings. The number of rotatable bonds is 4. The summed E-state index contributed by atoms with van der Waals surface area (Å²) >= 11 is 5.34. The second-order valence-electron chi connectivity index (χ2n) is 4.61. The van der Waals surface area contributed by atoms with E-state index in [4.69, 9.17) is 12.2 Å². The molecule has 2 heterocycles. The lowest BCUT2D eigenvalue weighted by Crippen LogP contribution is -2.28. The number of nitrogens with zero attached hydrogens (tertiary/aromatic N) is 3. The second kappa shape index (κ2) is 5.16. The first-order valence-electron chi connectivity index (χ1n) is 6.38. The van der Waals surface area contributed by atoms with Crippen molar-refractivity contribution in [1.82, 2.24) is 24.6 Å². The molecule has 2 aromatic heterocycles. The third kappa shape index (κ3) is 2.18. The highest BCUT2D eigenvalue weighted by molar-refractivity contribution is 7.71. The molecule has 2 N–H and O–H groups in total. The molecule has 2 aromatic rings. The molecule has 1 unspecified atom stereocenters. The normalized spacial score (nSPS) is 12.8. The highest BCUT2D eigenvalue weighted by Gasteiger charge is 2.21. The Bertz CT molecular complexity index is 665. The standard InChI is InChI=1S/C12H19N5OS/c1-5-6-8-9-11(16(4)15-8)17(12(19)14-9)7(2)10(18)13-3/h7H,5-6H2,1-4H3,(H,13,18)(H,14,19). The predicted octanol–water partition coefficient (Wildman–Crippen LogP) is 1.69. The molecule has 0 aromatic carbocycles. The lowest BCUT2D eigenvalue weighted by atomic mass is 10.2. The van der Waals surface area contributed by atoms with E-state index in [9.17, 15) is 4.79 Å². The Morgan fingerprint density at radius 2 is 2.26 bits per heavy atom. The summed E-state index contributed by atoms with van der Waals surface area (Å²) in [6.07, 6.45) is 1.91. The van der Waals surface area contributed by atoms with Gasteiger partial charge < -0.3 is 10.3 Å². The van der Waals surface area contributed by atoms with Gasteiger partial charge in [0.15, 0.2) is 10.4 Å². The number of aromatic nitrogens is 4. The minimum absolute atomic E-state index is 0.0739. The monoisotopic (exact) mass is 281 g/mol. The van der Waals surface area contributed by atoms with Crippen LogP contribution in [0.25, 0.3) is 11.2 Å². The Hall–Kier alpha value is -1.63. The van der Waals surface area contributed by atoms with E-state index in [0.717, 1.165) is 29.7 Å². The minimum Gasteiger partial charge on any atom is -0.357 e. The summed E-state index contributed by atoms with van der Waals surface area (Å²) in [5.41, 5.74) is 2.80. The van der Waals surface area contributed by atoms with Crippen molar-refractivity contribution in [2.45, 2.75) is 32.7 Å². The maximum absolute atomic E-state index is 11.8. The van der Waals surface area contributed by atoms with Gasteiger partial charge in [0, 0.05) is 14.1 Å². The lowest BCUT2D eigenvalue weighted by Gasteiger charge is -2.12. The molecule has 0 radical (unpaired) electrons. The average molecular weight is 281 g/mol. The maximum Gasteiger partial charge on any atom is 0.242 e. The van der Waals surface area contributed by atoms with Crippen molar-refractivity contribution in [2.75, 3.05) is 7.05 Å². The summed E-state index contributed by atoms with van der Waals surface area (Å²) in [6, 6.07) is -0.365. The van der Waals surface area contributed by atoms with Crippen molar-refractivity contribution < 1.29 is 4.79 Å². The van der Waals surface area contributed by atoms with Gasteiger partial charge in [-0.2, -0.15) is 5.10 Å². The van der Waals surface area contributed by atoms with Gasteiger partial charge in [0.25, 0.3) is 0 Å². The average Bonchev–Trinajstić information content (AvgIpc) is 2.86. The first-order chi connectivity index (χ1) is 9.01. The van der Waals surface area contributed by atoms with E-state index in [1.165, 1.54) is 0 Å². The Kier molecular flexibility index (Phi) is 3.75. The van der Waals surface area contributed by atoms with E-state index in [1.807, 2.05) is 18.5 Å². The van der Waals surface area contributed by atoms with Gasteiger partial charge in [0.05, 0.1) is 5.69 Å². The van der Waals surface area contributed by atoms with Crippen molar-refractivity contribution in [3.63, 3.8) is 0 Å². The van der Waals surface area contributed by atoms with Crippen molar-refractivity contribution in [1.29, 1.82) is 0 Å². The van der Waals surface area contributed by atoms with Crippen LogP contribution in [0.3, 0.4) is 0 Å². The van der Waals surface area contributed by atoms with Crippen LogP contribution in [0.5, 0.6) is 0 Å². The van der Waals surface area contributed by atoms with Crippen LogP contribution < -0.4 is 5.32 Å². The van der Waals surface area contributed by atoms with Gasteiger partial charge in [0.2, 0.25) is 5.91 Å². The number of aryl methyl sites for hydroxylation is 2. The zero-order valence-electron chi connectivity index (χ0n) is 11.6. The zero-order valence-corrected chi connectivity index (χ0v) is 12.5. The number of H-pyrrole nitrogens is 1. The van der Waals surface area contributed by atoms with Crippen molar-refractivity contribution >= 4 is 29.3 Å². The van der Waals surface area contributed by atoms with E-state index in [0.29, 0.717) is 4.77 Å². The number of hydrogen-bond donors (Lipinski definition) is 2. The minimum atomic E-state index is -0.365. The number of amides is 1. The van der Waals surface area contributed by atoms with Gasteiger partial charge in [-0.3, -0.25) is 14.0 Å². The van der Waals surface area contributed by atoms with E-state index in [1.54, 1.807) is 11.7 Å². The smallest absolute Gasteiger partial charge is 0.242 e. The summed E-state index contributed by atoms with van der Waals surface area (Å²) in [6.45, 7) is 3.94. The summed E-state index contributed by atoms with van der Waals surface area (Å²) in [7, 11) is 3.50. The highest BCUT2D eigenvalue weighted by Crippen LogP contribution is 2.22. The molecule has 19 heavy (non-hydrogen) atoms. The molecule has 0 saturated heterocycles. The fraction of sp³-hybridized carbons (Fsp3) is 0.583. The van der Waals surface area contributed by atoms with E-state index >= 15 is 0 Å². The molecule has 6 nitrogen and oxygen atoms in total. The van der Waals surface area contributed by atoms with Crippen molar-refractivity contribution in [3.05, 3.63) is 10.5 Å². The van der Waals surface area contributed by atoms with Gasteiger partial charge in [0.1, 0.15) is 11.6 Å². The number of hydrogen-bond acceptors (Lipinski definition) is 3. The Balaban J connectivity index is 2.65. The lowest BCUT2D eigenvalue weighted by molar-refractivity contribution is -0.123. The largest absolute Gasteiger partial charge is 0.357 e. The molecule has 0 bridgehead atoms. The first kappa shape index (κ1) is 13.8. The third-order valence-corrected chi connectivity index (χ3v) is 3.57. The zero-order chi connectivity index (χ0) is 14.2. The molecule has 0 aliphatic rings. The number of likely N-dealkylation sites (N-methyl/N-ethyl adjacent to an activating group) is 1. The highest BCUT2D eigenvalue weighted by atomic mass is 32.1. The topological polar surface area (TPSA) is 67.6 Å². The molecule has 104 valence electrons. The Labute approximate surface area is 116 Å². The predicted molar refractivity (Wildman–Crippen MR) is 76.7 cm³/mol. The number of fused-ring (bicyclic) bond motifs is 1. The van der Waals surface area contributed by atoms with E-state index < -0.39 is 0 Å². The fourth-order valence-electron chi connectivity index (χ4n) is 2.33. The van der Waals surface area contributed by atoms with Gasteiger partial charge in [-0.1, -0.05) is 13.3 Å². The van der Waals surface area contributed by atoms with Gasteiger partial charge >= 0.3 is 0 Å². The van der Waals surface area contributed by atoms with Crippen LogP contribution in [0.15, 0.2) is 0 Å². The summed E-state index contributed by atoms with van der Waals surface area (Å²) in [4.78, 5) is 15.0. The number of imidazole rings is 1. The molecule has 0 spiro atoms. The third-order valence-electron chi connectivity index (χ3n) is 3.27. The number of carbonyl (C=O) groups excluding carboxylic acids is 1. The van der Waals surface area contributed by atoms with Gasteiger partial charge in [-0.15, -0.1) is 0 Å². The molecular formula is C12H19N5OS. The SMILES string of the molecule is CCCc1nn(C)c2c1[nH]c(=S)n2C(C)C(=O)NC. The van der Waals surface area contributed by atoms with Crippen LogP contribution in [-0.2, 0) is 18.3 Å². The quantitative estimate of drug-likeness (QED) is 0.838. The number of nitrogens with one attached hydrogen (secondary N) is 2. The van der Waals surface area contributed by atoms with Crippen LogP contribution >= 0.6 is 12.2 Å². The number of carbonyl (C=O) groups is 1. The summed E-state index contributed by atoms with van der Waals surface area (Å²) in [5.74, 6) is -0.0739. The summed E-state index contributed by atoms with van der Waals surface area (Å²) in [5, 5.41) is 7.14. The molecule has 0 aliphatic carbocycles. The molecule has 1 amide bonds. The van der Waals surface area contributed by atoms with E-state index in [-0.39, 0.29) is 11.9 Å². The molecule has 2 rings (SSSR count). The molecule has 0 saturated carbocycles.